The highest BCUT2D eigenvalue weighted by molar-refractivity contribution is 5.89. The van der Waals surface area contributed by atoms with Gasteiger partial charge in [-0.05, 0) is 42.3 Å². The second-order valence-electron chi connectivity index (χ2n) is 7.87. The molecular weight excluding hydrogens is 326 g/mol. The molecular formula is C21H27N3O2. The number of aromatic nitrogens is 1. The Morgan fingerprint density at radius 3 is 2.96 bits per heavy atom. The van der Waals surface area contributed by atoms with Crippen molar-refractivity contribution in [3.8, 4) is 0 Å². The van der Waals surface area contributed by atoms with Gasteiger partial charge in [-0.1, -0.05) is 12.1 Å². The van der Waals surface area contributed by atoms with Gasteiger partial charge in [0.15, 0.2) is 0 Å². The van der Waals surface area contributed by atoms with Crippen LogP contribution in [0.4, 0.5) is 0 Å². The fourth-order valence-electron chi connectivity index (χ4n) is 5.17. The van der Waals surface area contributed by atoms with Crippen molar-refractivity contribution < 1.29 is 9.47 Å². The van der Waals surface area contributed by atoms with E-state index in [4.69, 9.17) is 9.47 Å². The average molecular weight is 353 g/mol. The molecule has 3 heterocycles. The Kier molecular flexibility index (Phi) is 3.94. The van der Waals surface area contributed by atoms with Gasteiger partial charge in [-0.3, -0.25) is 9.80 Å². The van der Waals surface area contributed by atoms with E-state index in [0.717, 1.165) is 45.8 Å². The summed E-state index contributed by atoms with van der Waals surface area (Å²) in [4.78, 5) is 8.42. The summed E-state index contributed by atoms with van der Waals surface area (Å²) in [5.74, 6) is 0. The quantitative estimate of drug-likeness (QED) is 0.859. The predicted octanol–water partition coefficient (Wildman–Crippen LogP) is 2.14. The predicted molar refractivity (Wildman–Crippen MR) is 102 cm³/mol. The van der Waals surface area contributed by atoms with Crippen LogP contribution in [0, 0.1) is 0 Å². The summed E-state index contributed by atoms with van der Waals surface area (Å²) in [6.45, 7) is 5.72. The molecule has 0 unspecified atom stereocenters. The maximum atomic E-state index is 6.31. The van der Waals surface area contributed by atoms with E-state index in [0.29, 0.717) is 6.04 Å². The van der Waals surface area contributed by atoms with Crippen molar-refractivity contribution >= 4 is 10.9 Å². The number of benzene rings is 1. The monoisotopic (exact) mass is 353 g/mol. The molecule has 1 saturated heterocycles. The minimum Gasteiger partial charge on any atom is -0.379 e. The van der Waals surface area contributed by atoms with Gasteiger partial charge < -0.3 is 14.5 Å². The molecule has 0 radical (unpaired) electrons. The topological polar surface area (TPSA) is 40.7 Å². The summed E-state index contributed by atoms with van der Waals surface area (Å²) in [7, 11) is 4.11. The van der Waals surface area contributed by atoms with Crippen molar-refractivity contribution in [2.45, 2.75) is 18.1 Å². The highest BCUT2D eigenvalue weighted by Crippen LogP contribution is 2.46. The molecule has 5 nitrogen and oxygen atoms in total. The fourth-order valence-corrected chi connectivity index (χ4v) is 5.17. The lowest BCUT2D eigenvalue weighted by atomic mass is 9.72. The van der Waals surface area contributed by atoms with E-state index in [1.807, 2.05) is 7.11 Å². The van der Waals surface area contributed by atoms with Crippen LogP contribution in [0.5, 0.6) is 0 Å². The third-order valence-corrected chi connectivity index (χ3v) is 6.39. The van der Waals surface area contributed by atoms with Crippen molar-refractivity contribution in [2.24, 2.45) is 0 Å². The standard InChI is InChI=1S/C21H27N3O2/c1-23-13-15(14-24-6-8-26-9-7-24)11-21(25-2)17-4-3-5-18-20(17)16(12-22-18)10-19(21)23/h3-5,11-12,19,22H,6-10,13-14H2,1-2H3/t19-,21+/m1/s1. The van der Waals surface area contributed by atoms with Crippen LogP contribution >= 0.6 is 0 Å². The summed E-state index contributed by atoms with van der Waals surface area (Å²) >= 11 is 0. The lowest BCUT2D eigenvalue weighted by molar-refractivity contribution is -0.0514. The van der Waals surface area contributed by atoms with Crippen LogP contribution in [0.3, 0.4) is 0 Å². The number of likely N-dealkylation sites (N-methyl/N-ethyl adjacent to an activating group) is 1. The second-order valence-corrected chi connectivity index (χ2v) is 7.87. The van der Waals surface area contributed by atoms with Gasteiger partial charge in [-0.2, -0.15) is 0 Å². The highest BCUT2D eigenvalue weighted by atomic mass is 16.5. The van der Waals surface area contributed by atoms with Crippen molar-refractivity contribution in [3.63, 3.8) is 0 Å². The number of ether oxygens (including phenoxy) is 2. The molecule has 1 aromatic heterocycles. The summed E-state index contributed by atoms with van der Waals surface area (Å²) in [6.07, 6.45) is 5.62. The summed E-state index contributed by atoms with van der Waals surface area (Å²) in [5.41, 5.74) is 5.00. The van der Waals surface area contributed by atoms with E-state index in [1.54, 1.807) is 0 Å². The van der Waals surface area contributed by atoms with Crippen LogP contribution < -0.4 is 0 Å². The molecule has 0 spiro atoms. The number of nitrogens with zero attached hydrogens (tertiary/aromatic N) is 2. The van der Waals surface area contributed by atoms with Crippen LogP contribution in [-0.2, 0) is 21.5 Å². The van der Waals surface area contributed by atoms with Gasteiger partial charge in [0.1, 0.15) is 5.60 Å². The third-order valence-electron chi connectivity index (χ3n) is 6.39. The zero-order chi connectivity index (χ0) is 17.7. The zero-order valence-electron chi connectivity index (χ0n) is 15.6. The Labute approximate surface area is 154 Å². The van der Waals surface area contributed by atoms with Gasteiger partial charge >= 0.3 is 0 Å². The first-order chi connectivity index (χ1) is 12.7. The molecule has 0 amide bonds. The molecule has 3 aliphatic rings. The number of hydrogen-bond donors (Lipinski definition) is 1. The number of aromatic amines is 1. The lowest BCUT2D eigenvalue weighted by Crippen LogP contribution is -2.56. The van der Waals surface area contributed by atoms with E-state index in [-0.39, 0.29) is 5.60 Å². The Hall–Kier alpha value is -1.66. The van der Waals surface area contributed by atoms with Crippen molar-refractivity contribution in [1.82, 2.24) is 14.8 Å². The second kappa shape index (κ2) is 6.20. The highest BCUT2D eigenvalue weighted by Gasteiger charge is 2.48. The summed E-state index contributed by atoms with van der Waals surface area (Å²) in [5, 5.41) is 1.35. The maximum Gasteiger partial charge on any atom is 0.128 e. The van der Waals surface area contributed by atoms with Crippen LogP contribution in [-0.4, -0.2) is 74.4 Å². The molecule has 0 saturated carbocycles. The minimum atomic E-state index is -0.372. The molecule has 2 aromatic rings. The Morgan fingerprint density at radius 2 is 2.15 bits per heavy atom. The molecule has 2 atom stereocenters. The minimum absolute atomic E-state index is 0.329. The largest absolute Gasteiger partial charge is 0.379 e. The molecule has 1 aliphatic carbocycles. The molecule has 1 aromatic carbocycles. The van der Waals surface area contributed by atoms with Crippen LogP contribution in [0.1, 0.15) is 11.1 Å². The Balaban J connectivity index is 1.60. The van der Waals surface area contributed by atoms with Crippen molar-refractivity contribution in [1.29, 1.82) is 0 Å². The van der Waals surface area contributed by atoms with E-state index >= 15 is 0 Å². The van der Waals surface area contributed by atoms with Gasteiger partial charge in [0, 0.05) is 50.4 Å². The van der Waals surface area contributed by atoms with E-state index in [2.05, 4.69) is 52.3 Å². The summed E-state index contributed by atoms with van der Waals surface area (Å²) in [6, 6.07) is 6.88. The van der Waals surface area contributed by atoms with Crippen LogP contribution in [0.15, 0.2) is 36.0 Å². The molecule has 138 valence electrons. The number of nitrogens with one attached hydrogen (secondary N) is 1. The van der Waals surface area contributed by atoms with Crippen LogP contribution in [0.2, 0.25) is 0 Å². The Morgan fingerprint density at radius 1 is 1.31 bits per heavy atom. The van der Waals surface area contributed by atoms with E-state index in [9.17, 15) is 0 Å². The number of H-pyrrole nitrogens is 1. The molecule has 5 rings (SSSR count). The molecule has 0 bridgehead atoms. The first kappa shape index (κ1) is 16.5. The number of hydrogen-bond acceptors (Lipinski definition) is 4. The van der Waals surface area contributed by atoms with Crippen LogP contribution in [0.25, 0.3) is 10.9 Å². The zero-order valence-corrected chi connectivity index (χ0v) is 15.6. The van der Waals surface area contributed by atoms with Gasteiger partial charge in [0.25, 0.3) is 0 Å². The lowest BCUT2D eigenvalue weighted by Gasteiger charge is -2.49. The third kappa shape index (κ3) is 2.38. The van der Waals surface area contributed by atoms with Gasteiger partial charge in [0.2, 0.25) is 0 Å². The first-order valence-electron chi connectivity index (χ1n) is 9.57. The number of rotatable bonds is 3. The molecule has 5 heteroatoms. The summed E-state index contributed by atoms with van der Waals surface area (Å²) < 4.78 is 11.8. The average Bonchev–Trinajstić information content (AvgIpc) is 3.08. The molecule has 26 heavy (non-hydrogen) atoms. The van der Waals surface area contributed by atoms with E-state index in [1.165, 1.54) is 27.6 Å². The Bertz CT molecular complexity index is 852. The number of methoxy groups -OCH3 is 1. The normalized spacial score (nSPS) is 29.6. The number of fused-ring (bicyclic) bond motifs is 2. The molecule has 1 fully saturated rings. The first-order valence-corrected chi connectivity index (χ1v) is 9.57. The van der Waals surface area contributed by atoms with Crippen molar-refractivity contribution in [2.75, 3.05) is 53.6 Å². The molecule has 1 N–H and O–H groups in total. The van der Waals surface area contributed by atoms with E-state index < -0.39 is 0 Å². The maximum absolute atomic E-state index is 6.31. The van der Waals surface area contributed by atoms with Gasteiger partial charge in [-0.25, -0.2) is 0 Å². The SMILES string of the molecule is CO[C@]12C=C(CN3CCOCC3)CN(C)[C@@H]1Cc1c[nH]c3cccc2c13. The van der Waals surface area contributed by atoms with Gasteiger partial charge in [0.05, 0.1) is 19.3 Å². The number of morpholine rings is 1. The smallest absolute Gasteiger partial charge is 0.128 e. The van der Waals surface area contributed by atoms with Crippen molar-refractivity contribution in [3.05, 3.63) is 47.2 Å². The van der Waals surface area contributed by atoms with Gasteiger partial charge in [-0.15, -0.1) is 0 Å². The molecule has 2 aliphatic heterocycles. The fraction of sp³-hybridized carbons (Fsp3) is 0.524.